The van der Waals surface area contributed by atoms with E-state index in [-0.39, 0.29) is 12.5 Å². The highest BCUT2D eigenvalue weighted by Crippen LogP contribution is 2.36. The summed E-state index contributed by atoms with van der Waals surface area (Å²) >= 11 is 0. The van der Waals surface area contributed by atoms with Gasteiger partial charge in [0.1, 0.15) is 12.1 Å². The van der Waals surface area contributed by atoms with E-state index in [1.54, 1.807) is 20.8 Å². The molecular formula is C20H31BN2O5. The molecular weight excluding hydrogens is 359 g/mol. The van der Waals surface area contributed by atoms with E-state index in [1.807, 2.05) is 52.0 Å². The molecule has 2 rings (SSSR count). The van der Waals surface area contributed by atoms with Crippen LogP contribution < -0.4 is 16.1 Å². The Balaban J connectivity index is 1.87. The van der Waals surface area contributed by atoms with Crippen molar-refractivity contribution < 1.29 is 23.6 Å². The number of carbonyl (C=O) groups is 2. The van der Waals surface area contributed by atoms with E-state index in [0.717, 1.165) is 11.0 Å². The van der Waals surface area contributed by atoms with Gasteiger partial charge in [-0.1, -0.05) is 24.3 Å². The number of nitrogens with one attached hydrogen (secondary N) is 2. The quantitative estimate of drug-likeness (QED) is 0.753. The summed E-state index contributed by atoms with van der Waals surface area (Å²) in [4.78, 5) is 23.6. The molecule has 0 aliphatic carbocycles. The second-order valence-corrected chi connectivity index (χ2v) is 8.97. The Bertz CT molecular complexity index is 712. The SMILES string of the molecule is CC(C)(C)OC(=O)NCC(=O)NCc1cccc(B2OC(C)(C)C(C)(C)O2)c1. The summed E-state index contributed by atoms with van der Waals surface area (Å²) in [5.74, 6) is -0.299. The fourth-order valence-corrected chi connectivity index (χ4v) is 2.56. The van der Waals surface area contributed by atoms with E-state index >= 15 is 0 Å². The Morgan fingerprint density at radius 3 is 2.25 bits per heavy atom. The zero-order valence-corrected chi connectivity index (χ0v) is 17.8. The Hall–Kier alpha value is -2.06. The third kappa shape index (κ3) is 5.97. The fraction of sp³-hybridized carbons (Fsp3) is 0.600. The average Bonchev–Trinajstić information content (AvgIpc) is 2.78. The third-order valence-electron chi connectivity index (χ3n) is 4.76. The molecule has 2 N–H and O–H groups in total. The zero-order valence-electron chi connectivity index (χ0n) is 17.8. The second-order valence-electron chi connectivity index (χ2n) is 8.97. The minimum atomic E-state index is -0.620. The van der Waals surface area contributed by atoms with Gasteiger partial charge in [-0.15, -0.1) is 0 Å². The summed E-state index contributed by atoms with van der Waals surface area (Å²) in [6.45, 7) is 13.5. The van der Waals surface area contributed by atoms with Crippen LogP contribution in [0.5, 0.6) is 0 Å². The van der Waals surface area contributed by atoms with Gasteiger partial charge < -0.3 is 24.7 Å². The predicted molar refractivity (Wildman–Crippen MR) is 108 cm³/mol. The van der Waals surface area contributed by atoms with Crippen molar-refractivity contribution in [2.45, 2.75) is 71.8 Å². The smallest absolute Gasteiger partial charge is 0.444 e. The van der Waals surface area contributed by atoms with Crippen molar-refractivity contribution in [3.05, 3.63) is 29.8 Å². The molecule has 28 heavy (non-hydrogen) atoms. The van der Waals surface area contributed by atoms with Crippen LogP contribution in [0.25, 0.3) is 0 Å². The van der Waals surface area contributed by atoms with Crippen LogP contribution in [-0.4, -0.2) is 42.5 Å². The number of alkyl carbamates (subject to hydrolysis) is 1. The topological polar surface area (TPSA) is 85.9 Å². The van der Waals surface area contributed by atoms with Crippen molar-refractivity contribution in [3.8, 4) is 0 Å². The van der Waals surface area contributed by atoms with E-state index in [0.29, 0.717) is 6.54 Å². The van der Waals surface area contributed by atoms with Crippen LogP contribution in [0.15, 0.2) is 24.3 Å². The molecule has 0 unspecified atom stereocenters. The summed E-state index contributed by atoms with van der Waals surface area (Å²) in [5, 5.41) is 5.21. The van der Waals surface area contributed by atoms with Crippen molar-refractivity contribution >= 4 is 24.6 Å². The Kier molecular flexibility index (Phi) is 6.46. The highest BCUT2D eigenvalue weighted by molar-refractivity contribution is 6.62. The first kappa shape index (κ1) is 22.2. The first-order chi connectivity index (χ1) is 12.8. The summed E-state index contributed by atoms with van der Waals surface area (Å²) < 4.78 is 17.2. The maximum atomic E-state index is 12.0. The molecule has 1 aromatic carbocycles. The number of benzene rings is 1. The van der Waals surface area contributed by atoms with Crippen molar-refractivity contribution in [2.24, 2.45) is 0 Å². The molecule has 1 fully saturated rings. The van der Waals surface area contributed by atoms with Crippen LogP contribution in [-0.2, 0) is 25.4 Å². The normalized spacial score (nSPS) is 17.9. The zero-order chi connectivity index (χ0) is 21.2. The van der Waals surface area contributed by atoms with Gasteiger partial charge in [-0.2, -0.15) is 0 Å². The molecule has 1 saturated heterocycles. The molecule has 0 spiro atoms. The van der Waals surface area contributed by atoms with E-state index in [1.165, 1.54) is 0 Å². The van der Waals surface area contributed by atoms with Gasteiger partial charge in [-0.3, -0.25) is 4.79 Å². The molecule has 0 atom stereocenters. The van der Waals surface area contributed by atoms with Crippen molar-refractivity contribution in [1.82, 2.24) is 10.6 Å². The number of carbonyl (C=O) groups excluding carboxylic acids is 2. The van der Waals surface area contributed by atoms with Crippen LogP contribution in [0, 0.1) is 0 Å². The van der Waals surface area contributed by atoms with Crippen LogP contribution in [0.1, 0.15) is 54.0 Å². The molecule has 2 amide bonds. The Labute approximate surface area is 167 Å². The number of hydrogen-bond acceptors (Lipinski definition) is 5. The minimum absolute atomic E-state index is 0.147. The Morgan fingerprint density at radius 1 is 1.07 bits per heavy atom. The summed E-state index contributed by atoms with van der Waals surface area (Å²) in [5.41, 5.74) is 0.397. The van der Waals surface area contributed by atoms with Gasteiger partial charge in [-0.05, 0) is 59.5 Å². The van der Waals surface area contributed by atoms with E-state index in [4.69, 9.17) is 14.0 Å². The van der Waals surface area contributed by atoms with Gasteiger partial charge in [0.05, 0.1) is 11.2 Å². The number of ether oxygens (including phenoxy) is 1. The minimum Gasteiger partial charge on any atom is -0.444 e. The number of amides is 2. The lowest BCUT2D eigenvalue weighted by Gasteiger charge is -2.32. The van der Waals surface area contributed by atoms with E-state index in [9.17, 15) is 9.59 Å². The molecule has 154 valence electrons. The predicted octanol–water partition coefficient (Wildman–Crippen LogP) is 2.13. The lowest BCUT2D eigenvalue weighted by atomic mass is 9.78. The first-order valence-electron chi connectivity index (χ1n) is 9.47. The van der Waals surface area contributed by atoms with E-state index < -0.39 is 30.0 Å². The molecule has 0 saturated carbocycles. The molecule has 0 aromatic heterocycles. The average molecular weight is 390 g/mol. The van der Waals surface area contributed by atoms with Crippen molar-refractivity contribution in [2.75, 3.05) is 6.54 Å². The molecule has 1 aliphatic rings. The highest BCUT2D eigenvalue weighted by atomic mass is 16.7. The van der Waals surface area contributed by atoms with Crippen molar-refractivity contribution in [1.29, 1.82) is 0 Å². The largest absolute Gasteiger partial charge is 0.494 e. The van der Waals surface area contributed by atoms with Gasteiger partial charge in [0, 0.05) is 6.54 Å². The fourth-order valence-electron chi connectivity index (χ4n) is 2.56. The summed E-state index contributed by atoms with van der Waals surface area (Å²) in [7, 11) is -0.450. The molecule has 8 heteroatoms. The first-order valence-corrected chi connectivity index (χ1v) is 9.47. The number of hydrogen-bond donors (Lipinski definition) is 2. The molecule has 0 bridgehead atoms. The van der Waals surface area contributed by atoms with Crippen LogP contribution >= 0.6 is 0 Å². The molecule has 1 heterocycles. The maximum Gasteiger partial charge on any atom is 0.494 e. The molecule has 1 aromatic rings. The lowest BCUT2D eigenvalue weighted by molar-refractivity contribution is -0.120. The van der Waals surface area contributed by atoms with Gasteiger partial charge in [0.25, 0.3) is 0 Å². The van der Waals surface area contributed by atoms with Crippen molar-refractivity contribution in [3.63, 3.8) is 0 Å². The van der Waals surface area contributed by atoms with Gasteiger partial charge >= 0.3 is 13.2 Å². The Morgan fingerprint density at radius 2 is 1.68 bits per heavy atom. The lowest BCUT2D eigenvalue weighted by Crippen LogP contribution is -2.41. The van der Waals surface area contributed by atoms with Gasteiger partial charge in [0.2, 0.25) is 5.91 Å². The van der Waals surface area contributed by atoms with E-state index in [2.05, 4.69) is 10.6 Å². The third-order valence-corrected chi connectivity index (χ3v) is 4.76. The molecule has 1 aliphatic heterocycles. The molecule has 0 radical (unpaired) electrons. The van der Waals surface area contributed by atoms with Gasteiger partial charge in [0.15, 0.2) is 0 Å². The van der Waals surface area contributed by atoms with Crippen LogP contribution in [0.3, 0.4) is 0 Å². The number of rotatable bonds is 5. The second kappa shape index (κ2) is 8.13. The summed E-state index contributed by atoms with van der Waals surface area (Å²) in [6.07, 6.45) is -0.620. The highest BCUT2D eigenvalue weighted by Gasteiger charge is 2.51. The molecule has 7 nitrogen and oxygen atoms in total. The van der Waals surface area contributed by atoms with Gasteiger partial charge in [-0.25, -0.2) is 4.79 Å². The monoisotopic (exact) mass is 390 g/mol. The summed E-state index contributed by atoms with van der Waals surface area (Å²) in [6, 6.07) is 7.71. The van der Waals surface area contributed by atoms with Crippen LogP contribution in [0.4, 0.5) is 4.79 Å². The van der Waals surface area contributed by atoms with Crippen LogP contribution in [0.2, 0.25) is 0 Å². The maximum absolute atomic E-state index is 12.0. The standard InChI is InChI=1S/C20H31BN2O5/c1-18(2,3)26-17(25)23-13-16(24)22-12-14-9-8-10-15(11-14)21-27-19(4,5)20(6,7)28-21/h8-11H,12-13H2,1-7H3,(H,22,24)(H,23,25).